The van der Waals surface area contributed by atoms with E-state index in [9.17, 15) is 13.2 Å². The van der Waals surface area contributed by atoms with Crippen LogP contribution < -0.4 is 0 Å². The second-order valence-corrected chi connectivity index (χ2v) is 9.93. The van der Waals surface area contributed by atoms with E-state index >= 15 is 0 Å². The van der Waals surface area contributed by atoms with Gasteiger partial charge in [0.15, 0.2) is 5.78 Å². The molecule has 8 heteroatoms. The van der Waals surface area contributed by atoms with E-state index in [1.165, 1.54) is 12.1 Å². The normalized spacial score (nSPS) is 28.3. The first kappa shape index (κ1) is 18.0. The third-order valence-electron chi connectivity index (χ3n) is 3.33. The first-order valence-electron chi connectivity index (χ1n) is 6.23. The second-order valence-electron chi connectivity index (χ2n) is 4.97. The fraction of sp³-hybridized carbons (Fsp3) is 0.286. The molecule has 0 N–H and O–H groups in total. The Balaban J connectivity index is 2.63. The number of alkyl halides is 2. The van der Waals surface area contributed by atoms with Gasteiger partial charge < -0.3 is 0 Å². The average Bonchev–Trinajstić information content (AvgIpc) is 2.49. The fourth-order valence-electron chi connectivity index (χ4n) is 1.95. The van der Waals surface area contributed by atoms with E-state index in [2.05, 4.69) is 52.2 Å². The van der Waals surface area contributed by atoms with Gasteiger partial charge in [-0.3, -0.25) is 4.79 Å². The summed E-state index contributed by atoms with van der Waals surface area (Å²) in [6.45, 7) is 3.34. The topological polar surface area (TPSA) is 63.6 Å². The molecule has 2 unspecified atom stereocenters. The number of carbonyl (C=O) groups excluding carboxylic acids is 1. The molecule has 0 spiro atoms. The quantitative estimate of drug-likeness (QED) is 0.562. The number of sulfonamides is 1. The summed E-state index contributed by atoms with van der Waals surface area (Å²) in [4.78, 5) is 11.8. The number of hydrogen-bond acceptors (Lipinski definition) is 3. The average molecular weight is 514 g/mol. The predicted octanol–water partition coefficient (Wildman–Crippen LogP) is 3.99. The van der Waals surface area contributed by atoms with Gasteiger partial charge in [0.25, 0.3) is 10.0 Å². The van der Waals surface area contributed by atoms with Crippen molar-refractivity contribution in [3.63, 3.8) is 0 Å². The lowest BCUT2D eigenvalue weighted by Crippen LogP contribution is -2.47. The van der Waals surface area contributed by atoms with Gasteiger partial charge in [0.05, 0.1) is 19.9 Å². The van der Waals surface area contributed by atoms with Crippen LogP contribution in [0, 0.1) is 0 Å². The predicted molar refractivity (Wildman–Crippen MR) is 97.7 cm³/mol. The van der Waals surface area contributed by atoms with Gasteiger partial charge in [0.1, 0.15) is 4.32 Å². The fourth-order valence-corrected chi connectivity index (χ4v) is 5.14. The van der Waals surface area contributed by atoms with Crippen molar-refractivity contribution in [2.45, 2.75) is 27.9 Å². The molecular weight excluding hydrogens is 502 g/mol. The molecule has 0 amide bonds. The van der Waals surface area contributed by atoms with Crippen LogP contribution in [0.2, 0.25) is 0 Å². The van der Waals surface area contributed by atoms with Crippen molar-refractivity contribution in [1.82, 2.24) is 0 Å². The lowest BCUT2D eigenvalue weighted by atomic mass is 9.88. The van der Waals surface area contributed by atoms with Crippen molar-refractivity contribution in [2.75, 3.05) is 0 Å². The zero-order valence-electron chi connectivity index (χ0n) is 11.7. The molecule has 0 aromatic heterocycles. The van der Waals surface area contributed by atoms with Gasteiger partial charge in [-0.2, -0.15) is 12.8 Å². The number of ketones is 1. The summed E-state index contributed by atoms with van der Waals surface area (Å²) >= 11 is 9.98. The van der Waals surface area contributed by atoms with E-state index in [0.717, 1.165) is 0 Å². The second kappa shape index (κ2) is 6.30. The Morgan fingerprint density at radius 2 is 1.77 bits per heavy atom. The molecule has 0 fully saturated rings. The van der Waals surface area contributed by atoms with Crippen molar-refractivity contribution in [1.29, 1.82) is 0 Å². The smallest absolute Gasteiger partial charge is 0.282 e. The standard InChI is InChI=1S/C14H12Br3NO3S/c1-8-10(15)13(19)14(2,17)12(16)11(8)18-22(20,21)9-6-4-3-5-7-9/h3-7,12H,1-2H3/b18-11-. The number of rotatable bonds is 2. The van der Waals surface area contributed by atoms with Gasteiger partial charge in [-0.25, -0.2) is 0 Å². The highest BCUT2D eigenvalue weighted by Gasteiger charge is 2.47. The highest BCUT2D eigenvalue weighted by atomic mass is 79.9. The molecule has 22 heavy (non-hydrogen) atoms. The molecule has 4 nitrogen and oxygen atoms in total. The minimum atomic E-state index is -3.85. The van der Waals surface area contributed by atoms with Crippen molar-refractivity contribution < 1.29 is 13.2 Å². The van der Waals surface area contributed by atoms with E-state index in [-0.39, 0.29) is 10.7 Å². The van der Waals surface area contributed by atoms with Crippen LogP contribution in [0.1, 0.15) is 13.8 Å². The zero-order chi connectivity index (χ0) is 16.7. The molecule has 2 atom stereocenters. The number of hydrogen-bond donors (Lipinski definition) is 0. The molecule has 1 aliphatic carbocycles. The SMILES string of the molecule is CC1=C(Br)C(=O)C(C)(Br)C(Br)/C1=N\S(=O)(=O)c1ccccc1. The van der Waals surface area contributed by atoms with Crippen LogP contribution in [0.4, 0.5) is 0 Å². The number of nitrogens with zero attached hydrogens (tertiary/aromatic N) is 1. The van der Waals surface area contributed by atoms with E-state index in [0.29, 0.717) is 15.8 Å². The number of Topliss-reactive ketones (excluding diaryl/α,β-unsaturated/α-hetero) is 1. The minimum absolute atomic E-state index is 0.110. The summed E-state index contributed by atoms with van der Waals surface area (Å²) in [6, 6.07) is 7.97. The molecule has 1 aromatic rings. The zero-order valence-corrected chi connectivity index (χ0v) is 17.3. The van der Waals surface area contributed by atoms with Crippen LogP contribution in [0.25, 0.3) is 0 Å². The Bertz CT molecular complexity index is 783. The van der Waals surface area contributed by atoms with Crippen molar-refractivity contribution >= 4 is 69.3 Å². The van der Waals surface area contributed by atoms with Gasteiger partial charge in [-0.1, -0.05) is 50.1 Å². The number of benzene rings is 1. The highest BCUT2D eigenvalue weighted by Crippen LogP contribution is 2.41. The lowest BCUT2D eigenvalue weighted by Gasteiger charge is -2.33. The van der Waals surface area contributed by atoms with Gasteiger partial charge in [-0.15, -0.1) is 0 Å². The van der Waals surface area contributed by atoms with Gasteiger partial charge in [-0.05, 0) is 47.5 Å². The summed E-state index contributed by atoms with van der Waals surface area (Å²) in [5.41, 5.74) is 0.804. The Hall–Kier alpha value is -0.310. The largest absolute Gasteiger partial charge is 0.292 e. The number of halogens is 3. The van der Waals surface area contributed by atoms with Crippen LogP contribution >= 0.6 is 47.8 Å². The first-order valence-corrected chi connectivity index (χ1v) is 10.2. The summed E-state index contributed by atoms with van der Waals surface area (Å²) < 4.78 is 28.2. The molecule has 1 aromatic carbocycles. The molecule has 118 valence electrons. The molecule has 1 aliphatic rings. The Morgan fingerprint density at radius 1 is 1.23 bits per heavy atom. The Morgan fingerprint density at radius 3 is 2.32 bits per heavy atom. The molecule has 0 bridgehead atoms. The molecular formula is C14H12Br3NO3S. The third-order valence-corrected chi connectivity index (χ3v) is 8.37. The Labute approximate surface area is 154 Å². The van der Waals surface area contributed by atoms with Gasteiger partial charge in [0, 0.05) is 0 Å². The maximum absolute atomic E-state index is 12.4. The molecule has 0 heterocycles. The van der Waals surface area contributed by atoms with Crippen LogP contribution in [-0.2, 0) is 14.8 Å². The first-order chi connectivity index (χ1) is 10.1. The van der Waals surface area contributed by atoms with Crippen LogP contribution in [0.15, 0.2) is 49.7 Å². The lowest BCUT2D eigenvalue weighted by molar-refractivity contribution is -0.116. The van der Waals surface area contributed by atoms with Crippen molar-refractivity contribution in [2.24, 2.45) is 4.40 Å². The summed E-state index contributed by atoms with van der Waals surface area (Å²) in [7, 11) is -3.85. The van der Waals surface area contributed by atoms with Crippen LogP contribution in [0.3, 0.4) is 0 Å². The van der Waals surface area contributed by atoms with Crippen molar-refractivity contribution in [3.8, 4) is 0 Å². The minimum Gasteiger partial charge on any atom is -0.292 e. The van der Waals surface area contributed by atoms with E-state index < -0.39 is 19.2 Å². The summed E-state index contributed by atoms with van der Waals surface area (Å²) in [5.74, 6) is -0.164. The number of carbonyl (C=O) groups is 1. The van der Waals surface area contributed by atoms with Crippen LogP contribution in [0.5, 0.6) is 0 Å². The molecule has 0 saturated carbocycles. The maximum Gasteiger partial charge on any atom is 0.282 e. The third kappa shape index (κ3) is 3.16. The monoisotopic (exact) mass is 511 g/mol. The molecule has 0 aliphatic heterocycles. The van der Waals surface area contributed by atoms with Gasteiger partial charge >= 0.3 is 0 Å². The molecule has 2 rings (SSSR count). The summed E-state index contributed by atoms with van der Waals surface area (Å²) in [6.07, 6.45) is 0. The van der Waals surface area contributed by atoms with Gasteiger partial charge in [0.2, 0.25) is 0 Å². The molecule has 0 radical (unpaired) electrons. The van der Waals surface area contributed by atoms with E-state index in [4.69, 9.17) is 0 Å². The Kier molecular flexibility index (Phi) is 5.16. The number of allylic oxidation sites excluding steroid dienone is 2. The van der Waals surface area contributed by atoms with E-state index in [1.54, 1.807) is 32.0 Å². The van der Waals surface area contributed by atoms with Crippen LogP contribution in [-0.4, -0.2) is 29.1 Å². The summed E-state index contributed by atoms with van der Waals surface area (Å²) in [5, 5.41) is 0. The van der Waals surface area contributed by atoms with E-state index in [1.807, 2.05) is 0 Å². The van der Waals surface area contributed by atoms with Crippen molar-refractivity contribution in [3.05, 3.63) is 40.4 Å². The molecule has 0 saturated heterocycles. The highest BCUT2D eigenvalue weighted by molar-refractivity contribution is 9.13. The maximum atomic E-state index is 12.4.